The van der Waals surface area contributed by atoms with Gasteiger partial charge in [-0.1, -0.05) is 15.9 Å². The van der Waals surface area contributed by atoms with Crippen molar-refractivity contribution in [2.24, 2.45) is 0 Å². The maximum Gasteiger partial charge on any atom is 0.184 e. The standard InChI is InChI=1S/C12H15BrN2O2/c13-9-7-10(15-3-1-14-2-4-15)12-11(8-9)16-5-6-17-12/h7-8,14H,1-6H2. The van der Waals surface area contributed by atoms with Crippen LogP contribution in [0.15, 0.2) is 16.6 Å². The molecule has 1 aromatic rings. The molecule has 1 saturated heterocycles. The summed E-state index contributed by atoms with van der Waals surface area (Å²) in [6, 6.07) is 4.08. The number of hydrogen-bond donors (Lipinski definition) is 1. The van der Waals surface area contributed by atoms with Crippen LogP contribution in [-0.4, -0.2) is 39.4 Å². The van der Waals surface area contributed by atoms with E-state index in [1.54, 1.807) is 0 Å². The molecule has 0 aromatic heterocycles. The van der Waals surface area contributed by atoms with Crippen LogP contribution in [0.2, 0.25) is 0 Å². The smallest absolute Gasteiger partial charge is 0.184 e. The van der Waals surface area contributed by atoms with Crippen LogP contribution in [-0.2, 0) is 0 Å². The number of fused-ring (bicyclic) bond motifs is 1. The first-order chi connectivity index (χ1) is 8.34. The molecular formula is C12H15BrN2O2. The third-order valence-corrected chi connectivity index (χ3v) is 3.50. The molecule has 1 aromatic carbocycles. The Kier molecular flexibility index (Phi) is 3.11. The molecule has 92 valence electrons. The lowest BCUT2D eigenvalue weighted by molar-refractivity contribution is 0.172. The quantitative estimate of drug-likeness (QED) is 0.854. The van der Waals surface area contributed by atoms with E-state index in [-0.39, 0.29) is 0 Å². The van der Waals surface area contributed by atoms with Gasteiger partial charge in [-0.05, 0) is 12.1 Å². The van der Waals surface area contributed by atoms with Crippen LogP contribution in [0.1, 0.15) is 0 Å². The molecule has 0 amide bonds. The largest absolute Gasteiger partial charge is 0.486 e. The number of hydrogen-bond acceptors (Lipinski definition) is 4. The van der Waals surface area contributed by atoms with Crippen LogP contribution in [0, 0.1) is 0 Å². The molecule has 2 heterocycles. The number of nitrogens with zero attached hydrogens (tertiary/aromatic N) is 1. The molecule has 1 N–H and O–H groups in total. The van der Waals surface area contributed by atoms with Crippen molar-refractivity contribution in [1.82, 2.24) is 5.32 Å². The molecule has 3 rings (SSSR count). The average molecular weight is 299 g/mol. The fourth-order valence-electron chi connectivity index (χ4n) is 2.24. The molecule has 2 aliphatic rings. The minimum absolute atomic E-state index is 0.629. The fraction of sp³-hybridized carbons (Fsp3) is 0.500. The zero-order chi connectivity index (χ0) is 11.7. The topological polar surface area (TPSA) is 33.7 Å². The van der Waals surface area contributed by atoms with Crippen molar-refractivity contribution in [3.05, 3.63) is 16.6 Å². The number of benzene rings is 1. The van der Waals surface area contributed by atoms with E-state index < -0.39 is 0 Å². The van der Waals surface area contributed by atoms with E-state index in [1.165, 1.54) is 0 Å². The Bertz CT molecular complexity index is 419. The maximum absolute atomic E-state index is 5.75. The third kappa shape index (κ3) is 2.21. The molecule has 0 saturated carbocycles. The molecule has 17 heavy (non-hydrogen) atoms. The second-order valence-electron chi connectivity index (χ2n) is 4.19. The van der Waals surface area contributed by atoms with Gasteiger partial charge in [0.15, 0.2) is 11.5 Å². The zero-order valence-corrected chi connectivity index (χ0v) is 11.1. The molecule has 0 atom stereocenters. The van der Waals surface area contributed by atoms with E-state index >= 15 is 0 Å². The number of ether oxygens (including phenoxy) is 2. The molecule has 0 unspecified atom stereocenters. The van der Waals surface area contributed by atoms with Gasteiger partial charge in [-0.3, -0.25) is 0 Å². The highest BCUT2D eigenvalue weighted by molar-refractivity contribution is 9.10. The van der Waals surface area contributed by atoms with Gasteiger partial charge in [0.2, 0.25) is 0 Å². The van der Waals surface area contributed by atoms with Crippen LogP contribution in [0.25, 0.3) is 0 Å². The van der Waals surface area contributed by atoms with E-state index in [0.717, 1.165) is 47.8 Å². The molecule has 5 heteroatoms. The monoisotopic (exact) mass is 298 g/mol. The van der Waals surface area contributed by atoms with Gasteiger partial charge < -0.3 is 19.7 Å². The van der Waals surface area contributed by atoms with Crippen molar-refractivity contribution in [3.8, 4) is 11.5 Å². The summed E-state index contributed by atoms with van der Waals surface area (Å²) in [4.78, 5) is 2.34. The summed E-state index contributed by atoms with van der Waals surface area (Å²) in [5.74, 6) is 1.74. The highest BCUT2D eigenvalue weighted by atomic mass is 79.9. The summed E-state index contributed by atoms with van der Waals surface area (Å²) in [7, 11) is 0. The van der Waals surface area contributed by atoms with E-state index in [2.05, 4.69) is 32.2 Å². The van der Waals surface area contributed by atoms with Gasteiger partial charge in [0.1, 0.15) is 13.2 Å². The summed E-state index contributed by atoms with van der Waals surface area (Å²) in [5.41, 5.74) is 1.13. The van der Waals surface area contributed by atoms with Crippen molar-refractivity contribution >= 4 is 21.6 Å². The first kappa shape index (κ1) is 11.2. The van der Waals surface area contributed by atoms with Crippen molar-refractivity contribution in [2.75, 3.05) is 44.3 Å². The van der Waals surface area contributed by atoms with Gasteiger partial charge in [-0.2, -0.15) is 0 Å². The summed E-state index contributed by atoms with van der Waals surface area (Å²) in [6.07, 6.45) is 0. The third-order valence-electron chi connectivity index (χ3n) is 3.05. The lowest BCUT2D eigenvalue weighted by Gasteiger charge is -2.32. The van der Waals surface area contributed by atoms with Crippen LogP contribution >= 0.6 is 15.9 Å². The van der Waals surface area contributed by atoms with Gasteiger partial charge in [0, 0.05) is 30.7 Å². The number of rotatable bonds is 1. The van der Waals surface area contributed by atoms with Crippen molar-refractivity contribution < 1.29 is 9.47 Å². The predicted octanol–water partition coefficient (Wildman–Crippen LogP) is 1.63. The average Bonchev–Trinajstić information content (AvgIpc) is 2.39. The van der Waals surface area contributed by atoms with Crippen LogP contribution in [0.5, 0.6) is 11.5 Å². The molecule has 1 fully saturated rings. The van der Waals surface area contributed by atoms with Gasteiger partial charge in [0.05, 0.1) is 5.69 Å². The van der Waals surface area contributed by atoms with E-state index in [9.17, 15) is 0 Å². The molecule has 0 radical (unpaired) electrons. The molecule has 0 bridgehead atoms. The van der Waals surface area contributed by atoms with Crippen molar-refractivity contribution in [2.45, 2.75) is 0 Å². The summed E-state index contributed by atoms with van der Waals surface area (Å²) < 4.78 is 12.4. The SMILES string of the molecule is Brc1cc2c(c(N3CCNCC3)c1)OCCO2. The maximum atomic E-state index is 5.75. The Hall–Kier alpha value is -0.940. The molecule has 0 aliphatic carbocycles. The van der Waals surface area contributed by atoms with Crippen LogP contribution in [0.3, 0.4) is 0 Å². The van der Waals surface area contributed by atoms with Gasteiger partial charge >= 0.3 is 0 Å². The molecular weight excluding hydrogens is 284 g/mol. The second-order valence-corrected chi connectivity index (χ2v) is 5.10. The highest BCUT2D eigenvalue weighted by Gasteiger charge is 2.22. The number of halogens is 1. The lowest BCUT2D eigenvalue weighted by atomic mass is 10.2. The summed E-state index contributed by atoms with van der Waals surface area (Å²) >= 11 is 3.53. The Balaban J connectivity index is 1.98. The first-order valence-corrected chi connectivity index (χ1v) is 6.69. The number of anilines is 1. The Labute approximate surface area is 109 Å². The Morgan fingerprint density at radius 1 is 1.12 bits per heavy atom. The van der Waals surface area contributed by atoms with E-state index in [0.29, 0.717) is 13.2 Å². The van der Waals surface area contributed by atoms with E-state index in [4.69, 9.17) is 9.47 Å². The van der Waals surface area contributed by atoms with Crippen molar-refractivity contribution in [3.63, 3.8) is 0 Å². The predicted molar refractivity (Wildman–Crippen MR) is 70.2 cm³/mol. The number of nitrogens with one attached hydrogen (secondary N) is 1. The minimum Gasteiger partial charge on any atom is -0.486 e. The van der Waals surface area contributed by atoms with Gasteiger partial charge in [0.25, 0.3) is 0 Å². The fourth-order valence-corrected chi connectivity index (χ4v) is 2.67. The summed E-state index contributed by atoms with van der Waals surface area (Å²) in [5, 5.41) is 3.35. The molecule has 2 aliphatic heterocycles. The van der Waals surface area contributed by atoms with Gasteiger partial charge in [-0.25, -0.2) is 0 Å². The second kappa shape index (κ2) is 4.74. The highest BCUT2D eigenvalue weighted by Crippen LogP contribution is 2.42. The summed E-state index contributed by atoms with van der Waals surface area (Å²) in [6.45, 7) is 5.31. The molecule has 4 nitrogen and oxygen atoms in total. The Morgan fingerprint density at radius 3 is 2.71 bits per heavy atom. The molecule has 0 spiro atoms. The normalized spacial score (nSPS) is 19.2. The lowest BCUT2D eigenvalue weighted by Crippen LogP contribution is -2.43. The first-order valence-electron chi connectivity index (χ1n) is 5.89. The zero-order valence-electron chi connectivity index (χ0n) is 9.54. The van der Waals surface area contributed by atoms with Crippen LogP contribution < -0.4 is 19.7 Å². The van der Waals surface area contributed by atoms with E-state index in [1.807, 2.05) is 6.07 Å². The minimum atomic E-state index is 0.629. The van der Waals surface area contributed by atoms with Crippen molar-refractivity contribution in [1.29, 1.82) is 0 Å². The number of piperazine rings is 1. The Morgan fingerprint density at radius 2 is 1.88 bits per heavy atom. The van der Waals surface area contributed by atoms with Gasteiger partial charge in [-0.15, -0.1) is 0 Å². The van der Waals surface area contributed by atoms with Crippen LogP contribution in [0.4, 0.5) is 5.69 Å².